The topological polar surface area (TPSA) is 9.23 Å². The number of ether oxygens (including phenoxy) is 1. The van der Waals surface area contributed by atoms with E-state index in [2.05, 4.69) is 6.58 Å². The first-order chi connectivity index (χ1) is 5.37. The van der Waals surface area contributed by atoms with E-state index in [1.807, 2.05) is 0 Å². The molecular formula is C10H16O. The van der Waals surface area contributed by atoms with Gasteiger partial charge in [0.2, 0.25) is 0 Å². The van der Waals surface area contributed by atoms with Gasteiger partial charge in [0.15, 0.2) is 0 Å². The van der Waals surface area contributed by atoms with Gasteiger partial charge in [0.25, 0.3) is 0 Å². The molecule has 2 aliphatic rings. The van der Waals surface area contributed by atoms with Gasteiger partial charge in [-0.15, -0.1) is 0 Å². The molecule has 0 heterocycles. The lowest BCUT2D eigenvalue weighted by Crippen LogP contribution is -2.43. The Morgan fingerprint density at radius 2 is 2.00 bits per heavy atom. The zero-order valence-corrected chi connectivity index (χ0v) is 7.01. The van der Waals surface area contributed by atoms with E-state index in [1.165, 1.54) is 38.5 Å². The third-order valence-corrected chi connectivity index (χ3v) is 3.45. The normalized spacial score (nSPS) is 33.3. The van der Waals surface area contributed by atoms with Crippen LogP contribution in [0.5, 0.6) is 0 Å². The summed E-state index contributed by atoms with van der Waals surface area (Å²) in [6, 6.07) is 0. The van der Waals surface area contributed by atoms with E-state index >= 15 is 0 Å². The van der Waals surface area contributed by atoms with Gasteiger partial charge < -0.3 is 4.74 Å². The molecule has 0 aliphatic heterocycles. The summed E-state index contributed by atoms with van der Waals surface area (Å²) >= 11 is 0. The van der Waals surface area contributed by atoms with Gasteiger partial charge in [-0.3, -0.25) is 0 Å². The smallest absolute Gasteiger partial charge is 0.103 e. The summed E-state index contributed by atoms with van der Waals surface area (Å²) in [7, 11) is 0. The van der Waals surface area contributed by atoms with E-state index in [1.54, 1.807) is 6.26 Å². The van der Waals surface area contributed by atoms with Crippen LogP contribution in [-0.2, 0) is 4.74 Å². The fraction of sp³-hybridized carbons (Fsp3) is 0.800. The lowest BCUT2D eigenvalue weighted by atomic mass is 9.65. The molecule has 1 heteroatoms. The maximum Gasteiger partial charge on any atom is 0.103 e. The third kappa shape index (κ3) is 0.979. The van der Waals surface area contributed by atoms with Crippen molar-refractivity contribution in [2.75, 3.05) is 0 Å². The molecule has 1 atom stereocenters. The Labute approximate surface area is 68.4 Å². The molecule has 1 spiro atoms. The van der Waals surface area contributed by atoms with E-state index in [0.717, 1.165) is 0 Å². The lowest BCUT2D eigenvalue weighted by Gasteiger charge is -2.46. The first-order valence-electron chi connectivity index (χ1n) is 4.64. The first kappa shape index (κ1) is 7.20. The number of rotatable bonds is 2. The molecule has 0 aromatic heterocycles. The molecule has 2 fully saturated rings. The quantitative estimate of drug-likeness (QED) is 0.553. The SMILES string of the molecule is C=COC1CCC12CCCC2. The summed E-state index contributed by atoms with van der Waals surface area (Å²) in [4.78, 5) is 0. The average Bonchev–Trinajstić information content (AvgIpc) is 2.48. The van der Waals surface area contributed by atoms with Crippen molar-refractivity contribution in [3.05, 3.63) is 12.8 Å². The van der Waals surface area contributed by atoms with E-state index in [9.17, 15) is 0 Å². The molecule has 0 aromatic carbocycles. The molecule has 1 nitrogen and oxygen atoms in total. The van der Waals surface area contributed by atoms with E-state index in [0.29, 0.717) is 11.5 Å². The Morgan fingerprint density at radius 1 is 1.27 bits per heavy atom. The summed E-state index contributed by atoms with van der Waals surface area (Å²) in [5.74, 6) is 0. The van der Waals surface area contributed by atoms with Gasteiger partial charge in [-0.25, -0.2) is 0 Å². The van der Waals surface area contributed by atoms with Crippen LogP contribution in [0.4, 0.5) is 0 Å². The highest BCUT2D eigenvalue weighted by Crippen LogP contribution is 2.54. The zero-order chi connectivity index (χ0) is 7.73. The molecule has 0 aromatic rings. The van der Waals surface area contributed by atoms with Gasteiger partial charge >= 0.3 is 0 Å². The highest BCUT2D eigenvalue weighted by Gasteiger charge is 2.49. The molecule has 2 rings (SSSR count). The molecular weight excluding hydrogens is 136 g/mol. The highest BCUT2D eigenvalue weighted by atomic mass is 16.5. The molecule has 11 heavy (non-hydrogen) atoms. The van der Waals surface area contributed by atoms with Gasteiger partial charge in [0.1, 0.15) is 6.10 Å². The monoisotopic (exact) mass is 152 g/mol. The minimum atomic E-state index is 0.516. The average molecular weight is 152 g/mol. The summed E-state index contributed by atoms with van der Waals surface area (Å²) < 4.78 is 5.48. The molecule has 2 saturated carbocycles. The van der Waals surface area contributed by atoms with Crippen molar-refractivity contribution in [1.29, 1.82) is 0 Å². The summed E-state index contributed by atoms with van der Waals surface area (Å²) in [6.45, 7) is 3.61. The van der Waals surface area contributed by atoms with Crippen molar-refractivity contribution < 1.29 is 4.74 Å². The van der Waals surface area contributed by atoms with Gasteiger partial charge in [0, 0.05) is 5.41 Å². The second-order valence-electron chi connectivity index (χ2n) is 3.90. The molecule has 2 aliphatic carbocycles. The molecule has 0 N–H and O–H groups in total. The Balaban J connectivity index is 1.97. The highest BCUT2D eigenvalue weighted by molar-refractivity contribution is 5.00. The first-order valence-corrected chi connectivity index (χ1v) is 4.64. The number of hydrogen-bond acceptors (Lipinski definition) is 1. The zero-order valence-electron chi connectivity index (χ0n) is 7.01. The standard InChI is InChI=1S/C10H16O/c1-2-11-9-5-8-10(9)6-3-4-7-10/h2,9H,1,3-8H2. The van der Waals surface area contributed by atoms with Crippen molar-refractivity contribution in [3.63, 3.8) is 0 Å². The van der Waals surface area contributed by atoms with Crippen molar-refractivity contribution in [3.8, 4) is 0 Å². The van der Waals surface area contributed by atoms with Crippen LogP contribution in [-0.4, -0.2) is 6.10 Å². The summed E-state index contributed by atoms with van der Waals surface area (Å²) in [5.41, 5.74) is 0.591. The van der Waals surface area contributed by atoms with Crippen LogP contribution in [0.25, 0.3) is 0 Å². The van der Waals surface area contributed by atoms with Crippen LogP contribution >= 0.6 is 0 Å². The molecule has 0 bridgehead atoms. The Kier molecular flexibility index (Phi) is 1.67. The van der Waals surface area contributed by atoms with Crippen LogP contribution < -0.4 is 0 Å². The van der Waals surface area contributed by atoms with Crippen LogP contribution in [0.15, 0.2) is 12.8 Å². The molecule has 0 radical (unpaired) electrons. The second kappa shape index (κ2) is 2.54. The minimum Gasteiger partial charge on any atom is -0.498 e. The van der Waals surface area contributed by atoms with E-state index < -0.39 is 0 Å². The van der Waals surface area contributed by atoms with Gasteiger partial charge in [0.05, 0.1) is 6.26 Å². The van der Waals surface area contributed by atoms with Gasteiger partial charge in [-0.05, 0) is 25.7 Å². The van der Waals surface area contributed by atoms with Gasteiger partial charge in [-0.2, -0.15) is 0 Å². The predicted octanol–water partition coefficient (Wildman–Crippen LogP) is 2.87. The fourth-order valence-corrected chi connectivity index (χ4v) is 2.65. The minimum absolute atomic E-state index is 0.516. The van der Waals surface area contributed by atoms with Crippen molar-refractivity contribution in [2.45, 2.75) is 44.6 Å². The molecule has 62 valence electrons. The van der Waals surface area contributed by atoms with E-state index in [-0.39, 0.29) is 0 Å². The van der Waals surface area contributed by atoms with Crippen LogP contribution in [0.2, 0.25) is 0 Å². The summed E-state index contributed by atoms with van der Waals surface area (Å²) in [6.07, 6.45) is 10.4. The summed E-state index contributed by atoms with van der Waals surface area (Å²) in [5, 5.41) is 0. The van der Waals surface area contributed by atoms with Crippen LogP contribution in [0.1, 0.15) is 38.5 Å². The Bertz CT molecular complexity index is 156. The van der Waals surface area contributed by atoms with E-state index in [4.69, 9.17) is 4.74 Å². The van der Waals surface area contributed by atoms with Crippen LogP contribution in [0.3, 0.4) is 0 Å². The maximum absolute atomic E-state index is 5.48. The molecule has 1 unspecified atom stereocenters. The lowest BCUT2D eigenvalue weighted by molar-refractivity contribution is -0.0680. The molecule has 0 saturated heterocycles. The van der Waals surface area contributed by atoms with Crippen molar-refractivity contribution in [1.82, 2.24) is 0 Å². The Morgan fingerprint density at radius 3 is 2.45 bits per heavy atom. The fourth-order valence-electron chi connectivity index (χ4n) is 2.65. The largest absolute Gasteiger partial charge is 0.498 e. The van der Waals surface area contributed by atoms with Crippen LogP contribution in [0, 0.1) is 5.41 Å². The second-order valence-corrected chi connectivity index (χ2v) is 3.90. The molecule has 0 amide bonds. The van der Waals surface area contributed by atoms with Crippen molar-refractivity contribution >= 4 is 0 Å². The predicted molar refractivity (Wildman–Crippen MR) is 45.2 cm³/mol. The van der Waals surface area contributed by atoms with Crippen molar-refractivity contribution in [2.24, 2.45) is 5.41 Å². The maximum atomic E-state index is 5.48. The van der Waals surface area contributed by atoms with Gasteiger partial charge in [-0.1, -0.05) is 19.4 Å². The Hall–Kier alpha value is -0.460. The number of hydrogen-bond donors (Lipinski definition) is 0. The third-order valence-electron chi connectivity index (χ3n) is 3.45.